The van der Waals surface area contributed by atoms with Crippen molar-refractivity contribution in [3.8, 4) is 0 Å². The Labute approximate surface area is 174 Å². The first kappa shape index (κ1) is 21.5. The maximum absolute atomic E-state index is 13.0. The van der Waals surface area contributed by atoms with Gasteiger partial charge in [-0.3, -0.25) is 4.79 Å². The van der Waals surface area contributed by atoms with Crippen molar-refractivity contribution in [2.24, 2.45) is 5.92 Å². The fourth-order valence-corrected chi connectivity index (χ4v) is 5.42. The molecule has 0 radical (unpaired) electrons. The van der Waals surface area contributed by atoms with Gasteiger partial charge in [0.15, 0.2) is 0 Å². The first-order chi connectivity index (χ1) is 13.8. The Balaban J connectivity index is 1.72. The molecule has 1 fully saturated rings. The number of piperidine rings is 1. The second-order valence-corrected chi connectivity index (χ2v) is 9.78. The summed E-state index contributed by atoms with van der Waals surface area (Å²) in [5.41, 5.74) is 3.27. The number of hydrogen-bond acceptors (Lipinski definition) is 3. The van der Waals surface area contributed by atoms with E-state index < -0.39 is 10.0 Å². The average molecular weight is 415 g/mol. The van der Waals surface area contributed by atoms with E-state index >= 15 is 0 Å². The summed E-state index contributed by atoms with van der Waals surface area (Å²) < 4.78 is 27.5. The van der Waals surface area contributed by atoms with E-state index in [0.29, 0.717) is 19.4 Å². The van der Waals surface area contributed by atoms with Crippen molar-refractivity contribution < 1.29 is 13.2 Å². The monoisotopic (exact) mass is 414 g/mol. The molecule has 3 rings (SSSR count). The number of rotatable bonds is 6. The van der Waals surface area contributed by atoms with Crippen molar-refractivity contribution >= 4 is 15.9 Å². The molecule has 6 heteroatoms. The van der Waals surface area contributed by atoms with Gasteiger partial charge in [0.2, 0.25) is 15.9 Å². The molecule has 5 nitrogen and oxygen atoms in total. The molecule has 1 amide bonds. The summed E-state index contributed by atoms with van der Waals surface area (Å²) in [7, 11) is -3.58. The minimum atomic E-state index is -3.58. The van der Waals surface area contributed by atoms with Gasteiger partial charge in [-0.2, -0.15) is 4.31 Å². The van der Waals surface area contributed by atoms with Crippen LogP contribution in [-0.2, 0) is 14.8 Å². The van der Waals surface area contributed by atoms with Crippen LogP contribution in [0.4, 0.5) is 0 Å². The third kappa shape index (κ3) is 4.87. The van der Waals surface area contributed by atoms with Gasteiger partial charge in [-0.1, -0.05) is 48.9 Å². The van der Waals surface area contributed by atoms with Crippen LogP contribution in [0.3, 0.4) is 0 Å². The highest BCUT2D eigenvalue weighted by molar-refractivity contribution is 7.89. The molecule has 0 saturated carbocycles. The van der Waals surface area contributed by atoms with Crippen molar-refractivity contribution in [2.45, 2.75) is 51.0 Å². The summed E-state index contributed by atoms with van der Waals surface area (Å²) in [6, 6.07) is 14.9. The van der Waals surface area contributed by atoms with Gasteiger partial charge in [0.25, 0.3) is 0 Å². The summed E-state index contributed by atoms with van der Waals surface area (Å²) in [5, 5.41) is 3.15. The van der Waals surface area contributed by atoms with Gasteiger partial charge in [0.1, 0.15) is 0 Å². The molecule has 2 aromatic rings. The van der Waals surface area contributed by atoms with Crippen LogP contribution in [0.1, 0.15) is 48.9 Å². The third-order valence-electron chi connectivity index (χ3n) is 5.70. The summed E-state index contributed by atoms with van der Waals surface area (Å²) in [4.78, 5) is 13.3. The molecule has 156 valence electrons. The van der Waals surface area contributed by atoms with E-state index in [1.165, 1.54) is 4.31 Å². The SMILES string of the molecule is CC[C@H](NC(=O)[C@H]1CCCN(S(=O)(=O)c2ccc(C)cc2)C1)c1ccccc1C. The molecule has 0 aliphatic carbocycles. The van der Waals surface area contributed by atoms with Crippen LogP contribution in [0.25, 0.3) is 0 Å². The molecular weight excluding hydrogens is 384 g/mol. The van der Waals surface area contributed by atoms with Crippen LogP contribution in [-0.4, -0.2) is 31.7 Å². The van der Waals surface area contributed by atoms with Crippen molar-refractivity contribution in [1.82, 2.24) is 9.62 Å². The largest absolute Gasteiger partial charge is 0.349 e. The zero-order valence-electron chi connectivity index (χ0n) is 17.4. The van der Waals surface area contributed by atoms with Gasteiger partial charge in [-0.25, -0.2) is 8.42 Å². The zero-order valence-corrected chi connectivity index (χ0v) is 18.2. The van der Waals surface area contributed by atoms with E-state index in [0.717, 1.165) is 23.1 Å². The van der Waals surface area contributed by atoms with Gasteiger partial charge in [0, 0.05) is 13.1 Å². The first-order valence-electron chi connectivity index (χ1n) is 10.3. The minimum Gasteiger partial charge on any atom is -0.349 e. The quantitative estimate of drug-likeness (QED) is 0.778. The topological polar surface area (TPSA) is 66.5 Å². The number of carbonyl (C=O) groups excluding carboxylic acids is 1. The Hall–Kier alpha value is -2.18. The number of sulfonamides is 1. The molecule has 1 N–H and O–H groups in total. The third-order valence-corrected chi connectivity index (χ3v) is 7.58. The van der Waals surface area contributed by atoms with Gasteiger partial charge >= 0.3 is 0 Å². The van der Waals surface area contributed by atoms with Crippen molar-refractivity contribution in [3.63, 3.8) is 0 Å². The van der Waals surface area contributed by atoms with Crippen LogP contribution in [0, 0.1) is 19.8 Å². The van der Waals surface area contributed by atoms with Crippen molar-refractivity contribution in [3.05, 3.63) is 65.2 Å². The van der Waals surface area contributed by atoms with E-state index in [1.807, 2.05) is 45.0 Å². The predicted molar refractivity (Wildman–Crippen MR) is 115 cm³/mol. The van der Waals surface area contributed by atoms with E-state index in [9.17, 15) is 13.2 Å². The number of nitrogens with zero attached hydrogens (tertiary/aromatic N) is 1. The molecule has 1 aliphatic rings. The number of carbonyl (C=O) groups is 1. The number of benzene rings is 2. The lowest BCUT2D eigenvalue weighted by atomic mass is 9.95. The van der Waals surface area contributed by atoms with E-state index in [-0.39, 0.29) is 29.3 Å². The summed E-state index contributed by atoms with van der Waals surface area (Å²) >= 11 is 0. The lowest BCUT2D eigenvalue weighted by molar-refractivity contribution is -0.126. The Morgan fingerprint density at radius 1 is 1.14 bits per heavy atom. The van der Waals surface area contributed by atoms with Crippen LogP contribution in [0.15, 0.2) is 53.4 Å². The van der Waals surface area contributed by atoms with E-state index in [2.05, 4.69) is 5.32 Å². The second-order valence-electron chi connectivity index (χ2n) is 7.84. The Kier molecular flexibility index (Phi) is 6.75. The highest BCUT2D eigenvalue weighted by atomic mass is 32.2. The predicted octanol–water partition coefficient (Wildman–Crippen LogP) is 3.97. The van der Waals surface area contributed by atoms with Gasteiger partial charge in [-0.05, 0) is 56.4 Å². The molecule has 0 aromatic heterocycles. The summed E-state index contributed by atoms with van der Waals surface area (Å²) in [6.07, 6.45) is 2.18. The highest BCUT2D eigenvalue weighted by Gasteiger charge is 2.34. The summed E-state index contributed by atoms with van der Waals surface area (Å²) in [5.74, 6) is -0.397. The van der Waals surface area contributed by atoms with Gasteiger partial charge < -0.3 is 5.32 Å². The van der Waals surface area contributed by atoms with Crippen LogP contribution in [0.5, 0.6) is 0 Å². The van der Waals surface area contributed by atoms with Crippen molar-refractivity contribution in [1.29, 1.82) is 0 Å². The Morgan fingerprint density at radius 3 is 2.48 bits per heavy atom. The molecule has 29 heavy (non-hydrogen) atoms. The lowest BCUT2D eigenvalue weighted by Gasteiger charge is -2.32. The summed E-state index contributed by atoms with van der Waals surface area (Å²) in [6.45, 7) is 6.70. The fourth-order valence-electron chi connectivity index (χ4n) is 3.90. The first-order valence-corrected chi connectivity index (χ1v) is 11.7. The Morgan fingerprint density at radius 2 is 1.83 bits per heavy atom. The van der Waals surface area contributed by atoms with Crippen LogP contribution in [0.2, 0.25) is 0 Å². The van der Waals surface area contributed by atoms with Crippen LogP contribution < -0.4 is 5.32 Å². The normalized spacial score (nSPS) is 18.9. The molecule has 1 saturated heterocycles. The zero-order chi connectivity index (χ0) is 21.0. The maximum atomic E-state index is 13.0. The molecule has 2 atom stereocenters. The standard InChI is InChI=1S/C23H30N2O3S/c1-4-22(21-10-6-5-8-18(21)3)24-23(26)19-9-7-15-25(16-19)29(27,28)20-13-11-17(2)12-14-20/h5-6,8,10-14,19,22H,4,7,9,15-16H2,1-3H3,(H,24,26)/t19-,22-/m0/s1. The van der Waals surface area contributed by atoms with E-state index in [4.69, 9.17) is 0 Å². The number of nitrogens with one attached hydrogen (secondary N) is 1. The highest BCUT2D eigenvalue weighted by Crippen LogP contribution is 2.26. The number of hydrogen-bond donors (Lipinski definition) is 1. The molecule has 2 aromatic carbocycles. The molecule has 0 spiro atoms. The minimum absolute atomic E-state index is 0.0622. The molecule has 0 bridgehead atoms. The number of amides is 1. The second kappa shape index (κ2) is 9.09. The lowest BCUT2D eigenvalue weighted by Crippen LogP contribution is -2.46. The van der Waals surface area contributed by atoms with Crippen molar-refractivity contribution in [2.75, 3.05) is 13.1 Å². The average Bonchev–Trinajstić information content (AvgIpc) is 2.73. The molecular formula is C23H30N2O3S. The molecule has 1 heterocycles. The van der Waals surface area contributed by atoms with E-state index in [1.54, 1.807) is 24.3 Å². The fraction of sp³-hybridized carbons (Fsp3) is 0.435. The van der Waals surface area contributed by atoms with Gasteiger partial charge in [-0.15, -0.1) is 0 Å². The Bertz CT molecular complexity index is 954. The van der Waals surface area contributed by atoms with Crippen LogP contribution >= 0.6 is 0 Å². The number of aryl methyl sites for hydroxylation is 2. The molecule has 1 aliphatic heterocycles. The molecule has 0 unspecified atom stereocenters. The smallest absolute Gasteiger partial charge is 0.243 e. The van der Waals surface area contributed by atoms with Gasteiger partial charge in [0.05, 0.1) is 16.9 Å². The maximum Gasteiger partial charge on any atom is 0.243 e.